The van der Waals surface area contributed by atoms with Crippen LogP contribution >= 0.6 is 0 Å². The van der Waals surface area contributed by atoms with Crippen LogP contribution in [0.2, 0.25) is 0 Å². The Balaban J connectivity index is 1.94. The van der Waals surface area contributed by atoms with E-state index in [1.165, 1.54) is 24.3 Å². The highest BCUT2D eigenvalue weighted by Gasteiger charge is 2.36. The predicted molar refractivity (Wildman–Crippen MR) is 106 cm³/mol. The first kappa shape index (κ1) is 21.6. The Morgan fingerprint density at radius 2 is 1.84 bits per heavy atom. The Kier molecular flexibility index (Phi) is 5.83. The molecule has 0 aliphatic rings. The number of carbonyl (C=O) groups is 1. The Morgan fingerprint density at radius 1 is 1.16 bits per heavy atom. The van der Waals surface area contributed by atoms with Crippen LogP contribution in [0.5, 0.6) is 5.75 Å². The molecule has 158 valence electrons. The molecule has 3 N–H and O–H groups in total. The normalized spacial score (nSPS) is 12.1. The summed E-state index contributed by atoms with van der Waals surface area (Å²) in [4.78, 5) is 24.9. The summed E-state index contributed by atoms with van der Waals surface area (Å²) in [6, 6.07) is 15.4. The number of nitrogens with two attached hydrogens (primary N) is 1. The summed E-state index contributed by atoms with van der Waals surface area (Å²) in [5.74, 6) is -0.753. The van der Waals surface area contributed by atoms with Gasteiger partial charge in [0.05, 0.1) is 11.6 Å². The number of rotatable bonds is 5. The van der Waals surface area contributed by atoms with Gasteiger partial charge in [0.2, 0.25) is 0 Å². The van der Waals surface area contributed by atoms with Crippen LogP contribution in [0, 0.1) is 11.3 Å². The third kappa shape index (κ3) is 4.75. The number of nitrogens with zero attached hydrogens (tertiary/aromatic N) is 1. The average Bonchev–Trinajstić information content (AvgIpc) is 2.73. The molecule has 1 amide bonds. The molecule has 3 aromatic rings. The van der Waals surface area contributed by atoms with Gasteiger partial charge in [-0.25, -0.2) is 0 Å². The lowest BCUT2D eigenvalue weighted by Crippen LogP contribution is -2.27. The van der Waals surface area contributed by atoms with E-state index in [1.807, 2.05) is 6.07 Å². The number of halogens is 3. The van der Waals surface area contributed by atoms with E-state index in [0.717, 1.165) is 11.6 Å². The Bertz CT molecular complexity index is 1230. The third-order valence-corrected chi connectivity index (χ3v) is 4.55. The van der Waals surface area contributed by atoms with Crippen molar-refractivity contribution in [3.8, 4) is 22.9 Å². The fourth-order valence-electron chi connectivity index (χ4n) is 3.01. The maximum atomic E-state index is 13.4. The van der Waals surface area contributed by atoms with Crippen molar-refractivity contribution in [1.82, 2.24) is 4.98 Å². The minimum Gasteiger partial charge on any atom is -0.486 e. The molecule has 0 aliphatic heterocycles. The summed E-state index contributed by atoms with van der Waals surface area (Å²) >= 11 is 0. The van der Waals surface area contributed by atoms with Gasteiger partial charge in [0.15, 0.2) is 0 Å². The van der Waals surface area contributed by atoms with Crippen LogP contribution in [-0.4, -0.2) is 10.9 Å². The summed E-state index contributed by atoms with van der Waals surface area (Å²) in [5.41, 5.74) is 2.99. The van der Waals surface area contributed by atoms with Crippen molar-refractivity contribution in [3.63, 3.8) is 0 Å². The highest BCUT2D eigenvalue weighted by molar-refractivity contribution is 5.94. The topological polar surface area (TPSA) is 109 Å². The first-order chi connectivity index (χ1) is 14.6. The number of H-pyrrole nitrogens is 1. The fraction of sp³-hybridized carbons (Fsp3) is 0.136. The average molecular weight is 427 g/mol. The van der Waals surface area contributed by atoms with Crippen LogP contribution in [0.1, 0.15) is 40.2 Å². The number of benzene rings is 2. The number of nitrogens with one attached hydrogen (secondary N) is 1. The lowest BCUT2D eigenvalue weighted by atomic mass is 10.0. The zero-order chi connectivity index (χ0) is 22.8. The van der Waals surface area contributed by atoms with Crippen LogP contribution in [0.25, 0.3) is 11.1 Å². The SMILES string of the molecule is CC(Oc1ccc(-c2cc(C(N)=O)c(=O)[nH]c2C(F)(F)F)cc1)c1cccc(C#N)c1. The number of nitriles is 1. The lowest BCUT2D eigenvalue weighted by molar-refractivity contribution is -0.140. The molecular formula is C22H16F3N3O3. The highest BCUT2D eigenvalue weighted by atomic mass is 19.4. The summed E-state index contributed by atoms with van der Waals surface area (Å²) < 4.78 is 46.0. The van der Waals surface area contributed by atoms with Crippen molar-refractivity contribution in [3.05, 3.63) is 87.3 Å². The molecule has 0 bridgehead atoms. The van der Waals surface area contributed by atoms with Crippen molar-refractivity contribution in [2.45, 2.75) is 19.2 Å². The van der Waals surface area contributed by atoms with Gasteiger partial charge in [-0.2, -0.15) is 18.4 Å². The molecule has 0 fully saturated rings. The molecule has 9 heteroatoms. The highest BCUT2D eigenvalue weighted by Crippen LogP contribution is 2.36. The summed E-state index contributed by atoms with van der Waals surface area (Å²) in [7, 11) is 0. The summed E-state index contributed by atoms with van der Waals surface area (Å²) in [6.07, 6.45) is -5.26. The van der Waals surface area contributed by atoms with Crippen molar-refractivity contribution in [2.24, 2.45) is 5.73 Å². The van der Waals surface area contributed by atoms with Gasteiger partial charge in [-0.15, -0.1) is 0 Å². The molecule has 0 saturated carbocycles. The number of pyridine rings is 1. The fourth-order valence-corrected chi connectivity index (χ4v) is 3.01. The number of hydrogen-bond acceptors (Lipinski definition) is 4. The molecule has 0 aliphatic carbocycles. The second-order valence-electron chi connectivity index (χ2n) is 6.68. The van der Waals surface area contributed by atoms with Crippen LogP contribution < -0.4 is 16.0 Å². The number of carbonyl (C=O) groups excluding carboxylic acids is 1. The number of alkyl halides is 3. The van der Waals surface area contributed by atoms with Gasteiger partial charge in [-0.1, -0.05) is 24.3 Å². The van der Waals surface area contributed by atoms with Gasteiger partial charge >= 0.3 is 6.18 Å². The maximum absolute atomic E-state index is 13.4. The van der Waals surface area contributed by atoms with Crippen molar-refractivity contribution < 1.29 is 22.7 Å². The number of ether oxygens (including phenoxy) is 1. The van der Waals surface area contributed by atoms with Crippen molar-refractivity contribution in [2.75, 3.05) is 0 Å². The van der Waals surface area contributed by atoms with Crippen LogP contribution in [0.3, 0.4) is 0 Å². The summed E-state index contributed by atoms with van der Waals surface area (Å²) in [5, 5.41) is 9.00. The minimum absolute atomic E-state index is 0.109. The first-order valence-electron chi connectivity index (χ1n) is 9.01. The van der Waals surface area contributed by atoms with E-state index in [-0.39, 0.29) is 11.1 Å². The molecule has 0 radical (unpaired) electrons. The minimum atomic E-state index is -4.85. The Labute approximate surface area is 174 Å². The smallest absolute Gasteiger partial charge is 0.431 e. The molecule has 0 spiro atoms. The number of amides is 1. The van der Waals surface area contributed by atoms with E-state index in [9.17, 15) is 22.8 Å². The van der Waals surface area contributed by atoms with Gasteiger partial charge < -0.3 is 15.5 Å². The number of hydrogen-bond donors (Lipinski definition) is 2. The molecule has 1 aromatic heterocycles. The van der Waals surface area contributed by atoms with E-state index < -0.39 is 35.0 Å². The van der Waals surface area contributed by atoms with Gasteiger partial charge in [0.1, 0.15) is 23.1 Å². The molecule has 3 rings (SSSR count). The molecule has 1 unspecified atom stereocenters. The predicted octanol–water partition coefficient (Wildman–Crippen LogP) is 4.17. The van der Waals surface area contributed by atoms with Crippen LogP contribution in [-0.2, 0) is 6.18 Å². The van der Waals surface area contributed by atoms with Gasteiger partial charge in [0.25, 0.3) is 11.5 Å². The molecule has 0 saturated heterocycles. The van der Waals surface area contributed by atoms with Crippen molar-refractivity contribution >= 4 is 5.91 Å². The quantitative estimate of drug-likeness (QED) is 0.637. The molecule has 1 heterocycles. The standard InChI is InChI=1S/C22H16F3N3O3/c1-12(15-4-2-3-13(9-15)11-26)31-16-7-5-14(6-8-16)17-10-18(20(27)29)21(30)28-19(17)22(23,24)25/h2-10,12H,1H3,(H2,27,29)(H,28,30). The van der Waals surface area contributed by atoms with Crippen molar-refractivity contribution in [1.29, 1.82) is 5.26 Å². The third-order valence-electron chi connectivity index (χ3n) is 4.55. The molecule has 1 atom stereocenters. The molecular weight excluding hydrogens is 411 g/mol. The van der Waals surface area contributed by atoms with E-state index in [1.54, 1.807) is 36.2 Å². The Morgan fingerprint density at radius 3 is 2.42 bits per heavy atom. The zero-order valence-corrected chi connectivity index (χ0v) is 16.2. The second-order valence-corrected chi connectivity index (χ2v) is 6.68. The monoisotopic (exact) mass is 427 g/mol. The Hall–Kier alpha value is -4.06. The molecule has 31 heavy (non-hydrogen) atoms. The van der Waals surface area contributed by atoms with E-state index in [0.29, 0.717) is 11.3 Å². The number of primary amides is 1. The van der Waals surface area contributed by atoms with Crippen LogP contribution in [0.4, 0.5) is 13.2 Å². The number of aromatic amines is 1. The van der Waals surface area contributed by atoms with Gasteiger partial charge in [0, 0.05) is 5.56 Å². The largest absolute Gasteiger partial charge is 0.486 e. The van der Waals surface area contributed by atoms with E-state index >= 15 is 0 Å². The van der Waals surface area contributed by atoms with E-state index in [2.05, 4.69) is 0 Å². The molecule has 2 aromatic carbocycles. The van der Waals surface area contributed by atoms with Crippen LogP contribution in [0.15, 0.2) is 59.4 Å². The lowest BCUT2D eigenvalue weighted by Gasteiger charge is -2.17. The van der Waals surface area contributed by atoms with E-state index in [4.69, 9.17) is 15.7 Å². The van der Waals surface area contributed by atoms with Gasteiger partial charge in [-0.3, -0.25) is 9.59 Å². The zero-order valence-electron chi connectivity index (χ0n) is 16.2. The second kappa shape index (κ2) is 8.36. The molecule has 6 nitrogen and oxygen atoms in total. The first-order valence-corrected chi connectivity index (χ1v) is 9.01. The maximum Gasteiger partial charge on any atom is 0.431 e. The summed E-state index contributed by atoms with van der Waals surface area (Å²) in [6.45, 7) is 1.77. The van der Waals surface area contributed by atoms with Gasteiger partial charge in [-0.05, 0) is 48.4 Å². The number of aromatic nitrogens is 1.